The van der Waals surface area contributed by atoms with Gasteiger partial charge in [-0.25, -0.2) is 0 Å². The first-order chi connectivity index (χ1) is 71.5. The van der Waals surface area contributed by atoms with Gasteiger partial charge in [-0.2, -0.15) is 0 Å². The molecule has 0 atom stereocenters. The van der Waals surface area contributed by atoms with Gasteiger partial charge in [0.25, 0.3) is 0 Å². The van der Waals surface area contributed by atoms with E-state index in [0.717, 1.165) is 156 Å². The van der Waals surface area contributed by atoms with E-state index in [-0.39, 0.29) is 0 Å². The van der Waals surface area contributed by atoms with E-state index in [4.69, 9.17) is 17.7 Å². The highest BCUT2D eigenvalue weighted by molar-refractivity contribution is 6.35. The number of fused-ring (bicyclic) bond motifs is 36. The summed E-state index contributed by atoms with van der Waals surface area (Å²) in [4.78, 5) is 9.68. The van der Waals surface area contributed by atoms with Crippen LogP contribution in [-0.2, 0) is 0 Å². The molecule has 0 amide bonds. The Kier molecular flexibility index (Phi) is 15.6. The van der Waals surface area contributed by atoms with Gasteiger partial charge in [-0.15, -0.1) is 0 Å². The molecule has 0 unspecified atom stereocenters. The van der Waals surface area contributed by atoms with Crippen molar-refractivity contribution in [2.24, 2.45) is 0 Å². The molecule has 34 aromatic rings. The second-order valence-corrected chi connectivity index (χ2v) is 38.3. The predicted molar refractivity (Wildman–Crippen MR) is 599 cm³/mol. The van der Waals surface area contributed by atoms with E-state index in [1.807, 2.05) is 36.4 Å². The quantitative estimate of drug-likeness (QED) is 0.120. The molecule has 12 aromatic heterocycles. The maximum absolute atomic E-state index is 6.48. The fourth-order valence-corrected chi connectivity index (χ4v) is 25.3. The lowest BCUT2D eigenvalue weighted by Gasteiger charge is -2.27. The van der Waals surface area contributed by atoms with Crippen molar-refractivity contribution in [1.82, 2.24) is 17.6 Å². The summed E-state index contributed by atoms with van der Waals surface area (Å²) in [6, 6.07) is 167. The third-order valence-corrected chi connectivity index (χ3v) is 31.0. The summed E-state index contributed by atoms with van der Waals surface area (Å²) in [5.41, 5.74) is 34.6. The SMILES string of the molecule is c1ccc(N(c2ccc3oc4ccccc4c3c2)c2cccc3c2c2cccc4c5cc6c(cc5n3c42)c2cccc3c4c(N(c5ccccc5)c5ccc7oc8ccccc8c7c5)cccc4n6c23)cc1.c1ccc(N(c2cccc3oc4ccccc4c23)c2cccc3c2c2cccc4c5cc6c(cc5n3c42)c2cccc3c4c(N(c5ccccc5)c5cccc7oc8ccccc8c57)cccc4n6c23)cc1. The fraction of sp³-hybridized carbons (Fsp3) is 0. The van der Waals surface area contributed by atoms with Crippen LogP contribution in [0.15, 0.2) is 479 Å². The van der Waals surface area contributed by atoms with Crippen LogP contribution >= 0.6 is 0 Å². The molecule has 0 saturated heterocycles. The smallest absolute Gasteiger partial charge is 0.137 e. The lowest BCUT2D eigenvalue weighted by atomic mass is 10.0. The minimum atomic E-state index is 0.869. The van der Waals surface area contributed by atoms with E-state index in [1.54, 1.807) is 0 Å². The number of rotatable bonds is 12. The number of aromatic nitrogens is 4. The molecule has 0 fully saturated rings. The molecule has 0 spiro atoms. The van der Waals surface area contributed by atoms with Crippen LogP contribution < -0.4 is 19.6 Å². The molecule has 12 heterocycles. The predicted octanol–water partition coefficient (Wildman–Crippen LogP) is 37.5. The van der Waals surface area contributed by atoms with Crippen LogP contribution in [0.5, 0.6) is 0 Å². The van der Waals surface area contributed by atoms with Gasteiger partial charge in [-0.3, -0.25) is 0 Å². The second-order valence-electron chi connectivity index (χ2n) is 38.3. The Bertz CT molecular complexity index is 10800. The van der Waals surface area contributed by atoms with Gasteiger partial charge in [0, 0.05) is 153 Å². The van der Waals surface area contributed by atoms with Crippen molar-refractivity contribution in [1.29, 1.82) is 0 Å². The van der Waals surface area contributed by atoms with Crippen LogP contribution in [0.2, 0.25) is 0 Å². The zero-order valence-electron chi connectivity index (χ0n) is 77.1. The van der Waals surface area contributed by atoms with Crippen molar-refractivity contribution in [3.05, 3.63) is 461 Å². The molecular formula is C132H76N8O4. The molecule has 12 heteroatoms. The summed E-state index contributed by atoms with van der Waals surface area (Å²) in [7, 11) is 0. The van der Waals surface area contributed by atoms with Crippen LogP contribution in [0.4, 0.5) is 68.2 Å². The zero-order valence-corrected chi connectivity index (χ0v) is 77.1. The molecule has 12 nitrogen and oxygen atoms in total. The van der Waals surface area contributed by atoms with E-state index >= 15 is 0 Å². The first-order valence-electron chi connectivity index (χ1n) is 49.2. The van der Waals surface area contributed by atoms with E-state index in [1.165, 1.54) is 152 Å². The average molecular weight is 1840 g/mol. The number of anilines is 12. The van der Waals surface area contributed by atoms with E-state index in [9.17, 15) is 0 Å². The van der Waals surface area contributed by atoms with Gasteiger partial charge in [0.05, 0.1) is 111 Å². The van der Waals surface area contributed by atoms with Gasteiger partial charge in [-0.05, 0) is 206 Å². The maximum Gasteiger partial charge on any atom is 0.137 e. The maximum atomic E-state index is 6.48. The zero-order chi connectivity index (χ0) is 93.5. The van der Waals surface area contributed by atoms with Gasteiger partial charge in [0.1, 0.15) is 44.7 Å². The van der Waals surface area contributed by atoms with Crippen molar-refractivity contribution in [3.8, 4) is 0 Å². The number of nitrogens with zero attached hydrogens (tertiary/aromatic N) is 8. The van der Waals surface area contributed by atoms with Gasteiger partial charge in [0.2, 0.25) is 0 Å². The van der Waals surface area contributed by atoms with Crippen LogP contribution in [-0.4, -0.2) is 17.6 Å². The molecule has 668 valence electrons. The fourth-order valence-electron chi connectivity index (χ4n) is 25.3. The Labute approximate surface area is 818 Å². The molecule has 0 saturated carbocycles. The summed E-state index contributed by atoms with van der Waals surface area (Å²) >= 11 is 0. The normalized spacial score (nSPS) is 12.4. The number of benzene rings is 22. The third-order valence-electron chi connectivity index (χ3n) is 31.0. The Balaban J connectivity index is 0.000000127. The van der Waals surface area contributed by atoms with Crippen LogP contribution in [0.1, 0.15) is 0 Å². The van der Waals surface area contributed by atoms with Crippen molar-refractivity contribution in [2.75, 3.05) is 19.6 Å². The summed E-state index contributed by atoms with van der Waals surface area (Å²) < 4.78 is 35.7. The van der Waals surface area contributed by atoms with Gasteiger partial charge < -0.3 is 54.9 Å². The molecule has 0 aliphatic rings. The van der Waals surface area contributed by atoms with Crippen molar-refractivity contribution >= 4 is 308 Å². The molecule has 0 bridgehead atoms. The Morgan fingerprint density at radius 1 is 0.125 bits per heavy atom. The Hall–Kier alpha value is -19.6. The van der Waals surface area contributed by atoms with Crippen LogP contribution in [0, 0.1) is 0 Å². The molecule has 144 heavy (non-hydrogen) atoms. The molecule has 0 radical (unpaired) electrons. The van der Waals surface area contributed by atoms with Gasteiger partial charge in [0.15, 0.2) is 0 Å². The number of hydrogen-bond donors (Lipinski definition) is 0. The van der Waals surface area contributed by atoms with E-state index in [2.05, 4.69) is 462 Å². The Morgan fingerprint density at radius 3 is 0.667 bits per heavy atom. The first kappa shape index (κ1) is 77.5. The molecule has 22 aromatic carbocycles. The summed E-state index contributed by atoms with van der Waals surface area (Å²) in [5, 5.41) is 28.5. The number of furan rings is 4. The monoisotopic (exact) mass is 1840 g/mol. The highest BCUT2D eigenvalue weighted by atomic mass is 16.3. The minimum Gasteiger partial charge on any atom is -0.456 e. The minimum absolute atomic E-state index is 0.869. The summed E-state index contributed by atoms with van der Waals surface area (Å²) in [6.45, 7) is 0. The molecular weight excluding hydrogens is 1760 g/mol. The van der Waals surface area contributed by atoms with Crippen molar-refractivity contribution in [3.63, 3.8) is 0 Å². The first-order valence-corrected chi connectivity index (χ1v) is 49.2. The molecule has 0 aliphatic heterocycles. The van der Waals surface area contributed by atoms with Crippen LogP contribution in [0.3, 0.4) is 0 Å². The molecule has 0 aliphatic carbocycles. The summed E-state index contributed by atoms with van der Waals surface area (Å²) in [5.74, 6) is 0. The summed E-state index contributed by atoms with van der Waals surface area (Å²) in [6.07, 6.45) is 0. The average Bonchev–Trinajstić information content (AvgIpc) is 1.52. The lowest BCUT2D eigenvalue weighted by Crippen LogP contribution is -2.10. The van der Waals surface area contributed by atoms with Gasteiger partial charge in [-0.1, -0.05) is 255 Å². The molecule has 34 rings (SSSR count). The van der Waals surface area contributed by atoms with Crippen molar-refractivity contribution in [2.45, 2.75) is 0 Å². The number of para-hydroxylation sites is 12. The Morgan fingerprint density at radius 2 is 0.347 bits per heavy atom. The van der Waals surface area contributed by atoms with E-state index < -0.39 is 0 Å². The second kappa shape index (κ2) is 29.0. The largest absolute Gasteiger partial charge is 0.456 e. The standard InChI is InChI=1S/2C66H38N4O2/c1-3-17-39(18-4-1)67(53-31-15-35-59-63(53)43-21-7-9-33-57(43)71-59)49-27-13-29-51-61(49)45-25-11-23-41-47-38-56-48(37-55(47)69(51)65(41)45)42-24-12-26-46-62-50(28-14-30-52(62)70(56)66(42)46)68(40-19-5-2-6-20-40)54-32-16-36-60-64(54)44-22-8-10-34-58(44)72-60;1-3-15-39(16-4-1)67(41-31-33-61-51(35-41)43-19-7-9-29-59(43)71-61)53-25-13-27-55-63(53)47-23-11-21-45-49-38-58-50(37-57(49)69(55)65(45)47)46-22-12-24-48-64-54(26-14-28-56(64)70(58)66(46)48)68(40-17-5-2-6-18-40)42-32-34-62-52(36-42)44-20-8-10-30-60(44)72-62/h2*1-38H. The van der Waals surface area contributed by atoms with Gasteiger partial charge >= 0.3 is 0 Å². The topological polar surface area (TPSA) is 83.2 Å². The van der Waals surface area contributed by atoms with Crippen molar-refractivity contribution < 1.29 is 17.7 Å². The van der Waals surface area contributed by atoms with E-state index in [0.29, 0.717) is 0 Å². The number of hydrogen-bond acceptors (Lipinski definition) is 8. The van der Waals surface area contributed by atoms with Crippen LogP contribution in [0.25, 0.3) is 240 Å². The third kappa shape index (κ3) is 10.5. The lowest BCUT2D eigenvalue weighted by molar-refractivity contribution is 0.668. The highest BCUT2D eigenvalue weighted by Crippen LogP contribution is 2.57. The molecule has 0 N–H and O–H groups in total. The highest BCUT2D eigenvalue weighted by Gasteiger charge is 2.34.